The van der Waals surface area contributed by atoms with Gasteiger partial charge in [0.2, 0.25) is 0 Å². The Bertz CT molecular complexity index is 341. The molecular weight excluding hydrogens is 190 g/mol. The largest absolute Gasteiger partial charge is 0.468 e. The molecule has 1 unspecified atom stereocenters. The van der Waals surface area contributed by atoms with E-state index in [9.17, 15) is 8.42 Å². The van der Waals surface area contributed by atoms with Crippen molar-refractivity contribution in [3.63, 3.8) is 0 Å². The van der Waals surface area contributed by atoms with Gasteiger partial charge in [-0.1, -0.05) is 6.92 Å². The van der Waals surface area contributed by atoms with Crippen molar-refractivity contribution >= 4 is 9.84 Å². The minimum Gasteiger partial charge on any atom is -0.468 e. The molecule has 1 aromatic heterocycles. The second-order valence-corrected chi connectivity index (χ2v) is 5.22. The van der Waals surface area contributed by atoms with E-state index in [2.05, 4.69) is 0 Å². The molecule has 0 saturated heterocycles. The summed E-state index contributed by atoms with van der Waals surface area (Å²) in [5, 5.41) is 0. The summed E-state index contributed by atoms with van der Waals surface area (Å²) in [6.45, 7) is 1.60. The van der Waals surface area contributed by atoms with E-state index in [0.717, 1.165) is 0 Å². The monoisotopic (exact) mass is 203 g/mol. The summed E-state index contributed by atoms with van der Waals surface area (Å²) < 4.78 is 27.4. The van der Waals surface area contributed by atoms with Crippen LogP contribution in [0, 0.1) is 0 Å². The molecular formula is C8H13NO3S. The van der Waals surface area contributed by atoms with Gasteiger partial charge in [-0.25, -0.2) is 8.42 Å². The summed E-state index contributed by atoms with van der Waals surface area (Å²) in [7, 11) is -3.03. The normalized spacial score (nSPS) is 14.3. The number of furan rings is 1. The topological polar surface area (TPSA) is 73.3 Å². The van der Waals surface area contributed by atoms with Crippen LogP contribution >= 0.6 is 0 Å². The van der Waals surface area contributed by atoms with Crippen LogP contribution in [0.3, 0.4) is 0 Å². The van der Waals surface area contributed by atoms with Gasteiger partial charge in [0.1, 0.15) is 5.76 Å². The van der Waals surface area contributed by atoms with E-state index >= 15 is 0 Å². The number of hydrogen-bond acceptors (Lipinski definition) is 4. The maximum atomic E-state index is 11.2. The number of sulfone groups is 1. The van der Waals surface area contributed by atoms with Gasteiger partial charge < -0.3 is 10.2 Å². The molecule has 0 fully saturated rings. The zero-order valence-electron chi connectivity index (χ0n) is 7.43. The first-order valence-electron chi connectivity index (χ1n) is 4.04. The van der Waals surface area contributed by atoms with Crippen LogP contribution in [0.4, 0.5) is 0 Å². The molecule has 1 rings (SSSR count). The lowest BCUT2D eigenvalue weighted by Crippen LogP contribution is -2.22. The van der Waals surface area contributed by atoms with Crippen molar-refractivity contribution < 1.29 is 12.8 Å². The Morgan fingerprint density at radius 1 is 1.62 bits per heavy atom. The van der Waals surface area contributed by atoms with Gasteiger partial charge in [0, 0.05) is 5.75 Å². The van der Waals surface area contributed by atoms with Gasteiger partial charge in [-0.15, -0.1) is 0 Å². The molecule has 74 valence electrons. The van der Waals surface area contributed by atoms with Crippen LogP contribution in [0.15, 0.2) is 22.8 Å². The van der Waals surface area contributed by atoms with Gasteiger partial charge in [-0.05, 0) is 12.1 Å². The van der Waals surface area contributed by atoms with Crippen LogP contribution in [-0.2, 0) is 9.84 Å². The number of rotatable bonds is 4. The van der Waals surface area contributed by atoms with Gasteiger partial charge >= 0.3 is 0 Å². The quantitative estimate of drug-likeness (QED) is 0.782. The molecule has 0 aliphatic heterocycles. The lowest BCUT2D eigenvalue weighted by Gasteiger charge is -2.07. The Hall–Kier alpha value is -0.810. The highest BCUT2D eigenvalue weighted by Gasteiger charge is 2.17. The van der Waals surface area contributed by atoms with Crippen molar-refractivity contribution in [3.8, 4) is 0 Å². The second kappa shape index (κ2) is 3.93. The molecule has 13 heavy (non-hydrogen) atoms. The van der Waals surface area contributed by atoms with E-state index in [4.69, 9.17) is 10.2 Å². The highest BCUT2D eigenvalue weighted by molar-refractivity contribution is 7.91. The third kappa shape index (κ3) is 2.86. The molecule has 1 atom stereocenters. The van der Waals surface area contributed by atoms with E-state index in [0.29, 0.717) is 5.76 Å². The predicted octanol–water partition coefficient (Wildman–Crippen LogP) is 0.714. The fourth-order valence-electron chi connectivity index (χ4n) is 0.976. The molecule has 1 aromatic rings. The summed E-state index contributed by atoms with van der Waals surface area (Å²) in [4.78, 5) is 0. The summed E-state index contributed by atoms with van der Waals surface area (Å²) >= 11 is 0. The Morgan fingerprint density at radius 2 is 2.31 bits per heavy atom. The molecule has 1 heterocycles. The van der Waals surface area contributed by atoms with Gasteiger partial charge in [-0.2, -0.15) is 0 Å². The minimum atomic E-state index is -3.03. The standard InChI is InChI=1S/C8H13NO3S/c1-2-13(10,11)6-7(9)8-4-3-5-12-8/h3-5,7H,2,6,9H2,1H3. The highest BCUT2D eigenvalue weighted by atomic mass is 32.2. The van der Waals surface area contributed by atoms with E-state index < -0.39 is 15.9 Å². The molecule has 0 bridgehead atoms. The molecule has 0 spiro atoms. The van der Waals surface area contributed by atoms with Crippen molar-refractivity contribution in [1.29, 1.82) is 0 Å². The average Bonchev–Trinajstić information content (AvgIpc) is 2.55. The molecule has 0 radical (unpaired) electrons. The van der Waals surface area contributed by atoms with E-state index in [1.165, 1.54) is 6.26 Å². The van der Waals surface area contributed by atoms with Crippen LogP contribution in [0.25, 0.3) is 0 Å². The third-order valence-electron chi connectivity index (χ3n) is 1.78. The van der Waals surface area contributed by atoms with Crippen LogP contribution in [0.1, 0.15) is 18.7 Å². The van der Waals surface area contributed by atoms with Gasteiger partial charge in [0.25, 0.3) is 0 Å². The average molecular weight is 203 g/mol. The Balaban J connectivity index is 2.67. The maximum absolute atomic E-state index is 11.2. The Labute approximate surface area is 77.7 Å². The first-order chi connectivity index (χ1) is 6.05. The number of hydrogen-bond donors (Lipinski definition) is 1. The summed E-state index contributed by atoms with van der Waals surface area (Å²) in [6.07, 6.45) is 1.48. The third-order valence-corrected chi connectivity index (χ3v) is 3.53. The van der Waals surface area contributed by atoms with Crippen LogP contribution < -0.4 is 5.73 Å². The maximum Gasteiger partial charge on any atom is 0.152 e. The molecule has 0 amide bonds. The molecule has 0 aliphatic rings. The van der Waals surface area contributed by atoms with E-state index in [1.807, 2.05) is 0 Å². The molecule has 0 saturated carbocycles. The first kappa shape index (κ1) is 10.3. The molecule has 2 N–H and O–H groups in total. The van der Waals surface area contributed by atoms with Crippen molar-refractivity contribution in [1.82, 2.24) is 0 Å². The smallest absolute Gasteiger partial charge is 0.152 e. The summed E-state index contributed by atoms with van der Waals surface area (Å²) in [6, 6.07) is 2.81. The van der Waals surface area contributed by atoms with Crippen molar-refractivity contribution in [2.45, 2.75) is 13.0 Å². The summed E-state index contributed by atoms with van der Waals surface area (Å²) in [5.41, 5.74) is 5.63. The van der Waals surface area contributed by atoms with Gasteiger partial charge in [0.15, 0.2) is 9.84 Å². The molecule has 4 nitrogen and oxygen atoms in total. The first-order valence-corrected chi connectivity index (χ1v) is 5.86. The Kier molecular flexibility index (Phi) is 3.11. The van der Waals surface area contributed by atoms with Crippen molar-refractivity contribution in [2.24, 2.45) is 5.73 Å². The van der Waals surface area contributed by atoms with Crippen LogP contribution in [0.2, 0.25) is 0 Å². The van der Waals surface area contributed by atoms with E-state index in [-0.39, 0.29) is 11.5 Å². The van der Waals surface area contributed by atoms with Crippen LogP contribution in [0.5, 0.6) is 0 Å². The predicted molar refractivity (Wildman–Crippen MR) is 50.0 cm³/mol. The van der Waals surface area contributed by atoms with Gasteiger partial charge in [0.05, 0.1) is 18.1 Å². The lowest BCUT2D eigenvalue weighted by atomic mass is 10.3. The zero-order chi connectivity index (χ0) is 9.90. The molecule has 0 aliphatic carbocycles. The number of nitrogens with two attached hydrogens (primary N) is 1. The molecule has 0 aromatic carbocycles. The highest BCUT2D eigenvalue weighted by Crippen LogP contribution is 2.12. The van der Waals surface area contributed by atoms with Crippen LogP contribution in [-0.4, -0.2) is 19.9 Å². The molecule has 5 heteroatoms. The van der Waals surface area contributed by atoms with Gasteiger partial charge in [-0.3, -0.25) is 0 Å². The SMILES string of the molecule is CCS(=O)(=O)CC(N)c1ccco1. The second-order valence-electron chi connectivity index (χ2n) is 2.82. The Morgan fingerprint density at radius 3 is 2.77 bits per heavy atom. The summed E-state index contributed by atoms with van der Waals surface area (Å²) in [5.74, 6) is 0.565. The van der Waals surface area contributed by atoms with Crippen molar-refractivity contribution in [2.75, 3.05) is 11.5 Å². The fraction of sp³-hybridized carbons (Fsp3) is 0.500. The van der Waals surface area contributed by atoms with Crippen molar-refractivity contribution in [3.05, 3.63) is 24.2 Å². The lowest BCUT2D eigenvalue weighted by molar-refractivity contribution is 0.477. The fourth-order valence-corrected chi connectivity index (χ4v) is 1.92. The zero-order valence-corrected chi connectivity index (χ0v) is 8.25. The minimum absolute atomic E-state index is 0.0585. The van der Waals surface area contributed by atoms with E-state index in [1.54, 1.807) is 19.1 Å².